The number of aromatic nitrogens is 3. The molecule has 7 heteroatoms. The minimum Gasteiger partial charge on any atom is -0.493 e. The Morgan fingerprint density at radius 2 is 2.11 bits per heavy atom. The molecule has 0 radical (unpaired) electrons. The molecule has 1 aromatic heterocycles. The number of hydrogen-bond acceptors (Lipinski definition) is 5. The van der Waals surface area contributed by atoms with Crippen molar-refractivity contribution in [2.75, 3.05) is 19.0 Å². The van der Waals surface area contributed by atoms with Gasteiger partial charge in [0.1, 0.15) is 19.3 Å². The van der Waals surface area contributed by atoms with Gasteiger partial charge in [0, 0.05) is 6.08 Å². The van der Waals surface area contributed by atoms with Crippen molar-refractivity contribution in [1.82, 2.24) is 14.8 Å². The Bertz CT molecular complexity index is 981. The molecule has 0 saturated heterocycles. The summed E-state index contributed by atoms with van der Waals surface area (Å²) < 4.78 is 12.4. The molecule has 0 saturated carbocycles. The number of nitrogens with zero attached hydrogens (tertiary/aromatic N) is 3. The van der Waals surface area contributed by atoms with E-state index in [1.165, 1.54) is 12.4 Å². The summed E-state index contributed by atoms with van der Waals surface area (Å²) in [4.78, 5) is 16.3. The SMILES string of the molecule is C=CCOc1ccc(/C=C/C(=O)Nc2ccccc2-n2cncn2)cc1OC. The summed E-state index contributed by atoms with van der Waals surface area (Å²) >= 11 is 0. The maximum absolute atomic E-state index is 12.4. The van der Waals surface area contributed by atoms with E-state index in [2.05, 4.69) is 22.0 Å². The molecule has 0 spiro atoms. The predicted octanol–water partition coefficient (Wildman–Crippen LogP) is 3.49. The van der Waals surface area contributed by atoms with Crippen molar-refractivity contribution >= 4 is 17.7 Å². The van der Waals surface area contributed by atoms with Gasteiger partial charge in [-0.25, -0.2) is 9.67 Å². The van der Waals surface area contributed by atoms with Gasteiger partial charge in [0.2, 0.25) is 5.91 Å². The van der Waals surface area contributed by atoms with Crippen LogP contribution in [-0.4, -0.2) is 34.4 Å². The number of hydrogen-bond donors (Lipinski definition) is 1. The minimum atomic E-state index is -0.265. The van der Waals surface area contributed by atoms with Gasteiger partial charge in [-0.2, -0.15) is 5.10 Å². The van der Waals surface area contributed by atoms with Crippen molar-refractivity contribution in [3.05, 3.63) is 79.4 Å². The van der Waals surface area contributed by atoms with Gasteiger partial charge < -0.3 is 14.8 Å². The van der Waals surface area contributed by atoms with Crippen LogP contribution in [0.1, 0.15) is 5.56 Å². The van der Waals surface area contributed by atoms with E-state index in [-0.39, 0.29) is 5.91 Å². The number of nitrogens with one attached hydrogen (secondary N) is 1. The second-order valence-electron chi connectivity index (χ2n) is 5.69. The van der Waals surface area contributed by atoms with Crippen molar-refractivity contribution in [2.45, 2.75) is 0 Å². The molecule has 28 heavy (non-hydrogen) atoms. The minimum absolute atomic E-state index is 0.265. The van der Waals surface area contributed by atoms with Gasteiger partial charge in [-0.1, -0.05) is 30.9 Å². The molecule has 3 rings (SSSR count). The molecule has 0 bridgehead atoms. The molecule has 1 heterocycles. The van der Waals surface area contributed by atoms with Crippen molar-refractivity contribution in [1.29, 1.82) is 0 Å². The van der Waals surface area contributed by atoms with Crippen LogP contribution in [0.25, 0.3) is 11.8 Å². The highest BCUT2D eigenvalue weighted by atomic mass is 16.5. The third-order valence-corrected chi connectivity index (χ3v) is 3.80. The van der Waals surface area contributed by atoms with Crippen molar-refractivity contribution in [3.63, 3.8) is 0 Å². The summed E-state index contributed by atoms with van der Waals surface area (Å²) in [6.45, 7) is 4.01. The van der Waals surface area contributed by atoms with Crippen LogP contribution in [-0.2, 0) is 4.79 Å². The summed E-state index contributed by atoms with van der Waals surface area (Å²) in [7, 11) is 1.57. The van der Waals surface area contributed by atoms with E-state index in [0.29, 0.717) is 23.8 Å². The number of rotatable bonds is 8. The number of carbonyl (C=O) groups excluding carboxylic acids is 1. The van der Waals surface area contributed by atoms with Gasteiger partial charge in [-0.05, 0) is 35.9 Å². The van der Waals surface area contributed by atoms with Crippen LogP contribution in [0.15, 0.2) is 73.9 Å². The standard InChI is InChI=1S/C21H20N4O3/c1-3-12-28-19-10-8-16(13-20(19)27-2)9-11-21(26)24-17-6-4-5-7-18(17)25-15-22-14-23-25/h3-11,13-15H,1,12H2,2H3,(H,24,26)/b11-9+. The second kappa shape index (κ2) is 9.18. The first kappa shape index (κ1) is 18.9. The molecule has 0 unspecified atom stereocenters. The zero-order valence-corrected chi connectivity index (χ0v) is 15.4. The third-order valence-electron chi connectivity index (χ3n) is 3.80. The summed E-state index contributed by atoms with van der Waals surface area (Å²) in [6, 6.07) is 12.8. The monoisotopic (exact) mass is 376 g/mol. The first-order valence-electron chi connectivity index (χ1n) is 8.56. The number of para-hydroxylation sites is 2. The largest absolute Gasteiger partial charge is 0.493 e. The Morgan fingerprint density at radius 3 is 2.86 bits per heavy atom. The zero-order valence-electron chi connectivity index (χ0n) is 15.4. The molecule has 7 nitrogen and oxygen atoms in total. The Hall–Kier alpha value is -3.87. The third kappa shape index (κ3) is 4.64. The summed E-state index contributed by atoms with van der Waals surface area (Å²) in [5.74, 6) is 0.935. The molecule has 1 amide bonds. The van der Waals surface area contributed by atoms with E-state index < -0.39 is 0 Å². The molecule has 142 valence electrons. The summed E-state index contributed by atoms with van der Waals surface area (Å²) in [5.41, 5.74) is 2.17. The van der Waals surface area contributed by atoms with E-state index in [1.807, 2.05) is 24.3 Å². The number of ether oxygens (including phenoxy) is 2. The molecular formula is C21H20N4O3. The van der Waals surface area contributed by atoms with E-state index in [1.54, 1.807) is 48.5 Å². The second-order valence-corrected chi connectivity index (χ2v) is 5.69. The van der Waals surface area contributed by atoms with Crippen LogP contribution in [0.3, 0.4) is 0 Å². The molecule has 0 aliphatic carbocycles. The van der Waals surface area contributed by atoms with Crippen LogP contribution in [0.2, 0.25) is 0 Å². The van der Waals surface area contributed by atoms with Crippen molar-refractivity contribution in [3.8, 4) is 17.2 Å². The van der Waals surface area contributed by atoms with Crippen LogP contribution in [0.4, 0.5) is 5.69 Å². The maximum atomic E-state index is 12.4. The number of amides is 1. The lowest BCUT2D eigenvalue weighted by atomic mass is 10.2. The molecule has 0 atom stereocenters. The van der Waals surface area contributed by atoms with Crippen molar-refractivity contribution in [2.24, 2.45) is 0 Å². The molecule has 1 N–H and O–H groups in total. The Balaban J connectivity index is 1.72. The first-order chi connectivity index (χ1) is 13.7. The van der Waals surface area contributed by atoms with Crippen LogP contribution < -0.4 is 14.8 Å². The van der Waals surface area contributed by atoms with Crippen LogP contribution in [0.5, 0.6) is 11.5 Å². The summed E-state index contributed by atoms with van der Waals surface area (Å²) in [6.07, 6.45) is 7.83. The quantitative estimate of drug-likeness (QED) is 0.481. The van der Waals surface area contributed by atoms with Crippen LogP contribution >= 0.6 is 0 Å². The highest BCUT2D eigenvalue weighted by Crippen LogP contribution is 2.28. The van der Waals surface area contributed by atoms with Gasteiger partial charge in [0.15, 0.2) is 11.5 Å². The number of anilines is 1. The Morgan fingerprint density at radius 1 is 1.25 bits per heavy atom. The Labute approximate surface area is 162 Å². The van der Waals surface area contributed by atoms with E-state index >= 15 is 0 Å². The molecule has 0 aliphatic heterocycles. The number of carbonyl (C=O) groups is 1. The predicted molar refractivity (Wildman–Crippen MR) is 108 cm³/mol. The van der Waals surface area contributed by atoms with E-state index in [0.717, 1.165) is 11.3 Å². The number of methoxy groups -OCH3 is 1. The van der Waals surface area contributed by atoms with Crippen molar-refractivity contribution < 1.29 is 14.3 Å². The number of benzene rings is 2. The lowest BCUT2D eigenvalue weighted by Gasteiger charge is -2.10. The maximum Gasteiger partial charge on any atom is 0.248 e. The van der Waals surface area contributed by atoms with Gasteiger partial charge in [0.25, 0.3) is 0 Å². The highest BCUT2D eigenvalue weighted by molar-refractivity contribution is 6.03. The first-order valence-corrected chi connectivity index (χ1v) is 8.56. The smallest absolute Gasteiger partial charge is 0.248 e. The Kier molecular flexibility index (Phi) is 6.20. The lowest BCUT2D eigenvalue weighted by Crippen LogP contribution is -2.10. The van der Waals surface area contributed by atoms with E-state index in [4.69, 9.17) is 9.47 Å². The summed E-state index contributed by atoms with van der Waals surface area (Å²) in [5, 5.41) is 6.96. The van der Waals surface area contributed by atoms with Gasteiger partial charge in [0.05, 0.1) is 18.5 Å². The normalized spacial score (nSPS) is 10.6. The average molecular weight is 376 g/mol. The fourth-order valence-electron chi connectivity index (χ4n) is 2.51. The topological polar surface area (TPSA) is 78.3 Å². The molecule has 3 aromatic rings. The molecular weight excluding hydrogens is 356 g/mol. The van der Waals surface area contributed by atoms with Gasteiger partial charge >= 0.3 is 0 Å². The fraction of sp³-hybridized carbons (Fsp3) is 0.0952. The van der Waals surface area contributed by atoms with Gasteiger partial charge in [-0.3, -0.25) is 4.79 Å². The lowest BCUT2D eigenvalue weighted by molar-refractivity contribution is -0.111. The molecule has 0 aliphatic rings. The van der Waals surface area contributed by atoms with Crippen LogP contribution in [0, 0.1) is 0 Å². The molecule has 2 aromatic carbocycles. The van der Waals surface area contributed by atoms with Gasteiger partial charge in [-0.15, -0.1) is 0 Å². The van der Waals surface area contributed by atoms with E-state index in [9.17, 15) is 4.79 Å². The fourth-order valence-corrected chi connectivity index (χ4v) is 2.51. The molecule has 0 fully saturated rings. The highest BCUT2D eigenvalue weighted by Gasteiger charge is 2.07. The average Bonchev–Trinajstić information content (AvgIpc) is 3.26. The zero-order chi connectivity index (χ0) is 19.8.